The normalized spacial score (nSPS) is 9.17. The third-order valence-corrected chi connectivity index (χ3v) is 1.43. The molecule has 5 nitrogen and oxygen atoms in total. The van der Waals surface area contributed by atoms with Crippen LogP contribution in [0.15, 0.2) is 12.3 Å². The molecule has 12 heavy (non-hydrogen) atoms. The molecule has 1 aromatic heterocycles. The molecule has 0 atom stereocenters. The van der Waals surface area contributed by atoms with Gasteiger partial charge in [-0.1, -0.05) is 0 Å². The van der Waals surface area contributed by atoms with E-state index in [2.05, 4.69) is 20.8 Å². The van der Waals surface area contributed by atoms with Gasteiger partial charge < -0.3 is 10.6 Å². The molecule has 1 heterocycles. The fraction of sp³-hybridized carbons (Fsp3) is 0.286. The van der Waals surface area contributed by atoms with Crippen molar-refractivity contribution in [2.75, 3.05) is 19.4 Å². The first kappa shape index (κ1) is 8.45. The maximum Gasteiger partial charge on any atom is 0.254 e. The highest BCUT2D eigenvalue weighted by Gasteiger charge is 2.08. The molecule has 0 saturated carbocycles. The summed E-state index contributed by atoms with van der Waals surface area (Å²) in [6.45, 7) is 0. The molecule has 0 fully saturated rings. The molecule has 0 radical (unpaired) electrons. The van der Waals surface area contributed by atoms with Crippen LogP contribution in [0, 0.1) is 0 Å². The molecule has 1 rings (SSSR count). The van der Waals surface area contributed by atoms with Crippen LogP contribution in [0.1, 0.15) is 10.4 Å². The second kappa shape index (κ2) is 3.66. The van der Waals surface area contributed by atoms with E-state index in [0.717, 1.165) is 0 Å². The maximum atomic E-state index is 11.2. The van der Waals surface area contributed by atoms with Gasteiger partial charge in [0.15, 0.2) is 5.82 Å². The van der Waals surface area contributed by atoms with Gasteiger partial charge in [0.05, 0.1) is 11.8 Å². The van der Waals surface area contributed by atoms with Gasteiger partial charge in [-0.05, 0) is 6.07 Å². The smallest absolute Gasteiger partial charge is 0.254 e. The average molecular weight is 166 g/mol. The van der Waals surface area contributed by atoms with Crippen molar-refractivity contribution in [3.63, 3.8) is 0 Å². The number of nitrogens with one attached hydrogen (secondary N) is 2. The molecule has 1 amide bonds. The molecule has 0 aliphatic carbocycles. The largest absolute Gasteiger partial charge is 0.371 e. The Bertz CT molecular complexity index is 286. The van der Waals surface area contributed by atoms with E-state index in [1.807, 2.05) is 0 Å². The van der Waals surface area contributed by atoms with E-state index in [-0.39, 0.29) is 5.91 Å². The van der Waals surface area contributed by atoms with Gasteiger partial charge in [0, 0.05) is 14.1 Å². The molecular weight excluding hydrogens is 156 g/mol. The molecule has 1 aromatic rings. The monoisotopic (exact) mass is 166 g/mol. The minimum Gasteiger partial charge on any atom is -0.371 e. The number of carbonyl (C=O) groups is 1. The van der Waals surface area contributed by atoms with Crippen molar-refractivity contribution < 1.29 is 4.79 Å². The van der Waals surface area contributed by atoms with E-state index >= 15 is 0 Å². The number of carbonyl (C=O) groups excluding carboxylic acids is 1. The van der Waals surface area contributed by atoms with Gasteiger partial charge in [0.1, 0.15) is 0 Å². The minimum atomic E-state index is -0.172. The van der Waals surface area contributed by atoms with Gasteiger partial charge in [-0.3, -0.25) is 4.79 Å². The van der Waals surface area contributed by atoms with Crippen LogP contribution in [0.2, 0.25) is 0 Å². The summed E-state index contributed by atoms with van der Waals surface area (Å²) in [5.41, 5.74) is 0.495. The molecule has 5 heteroatoms. The summed E-state index contributed by atoms with van der Waals surface area (Å²) in [5.74, 6) is 0.311. The number of amides is 1. The van der Waals surface area contributed by atoms with Gasteiger partial charge in [0.2, 0.25) is 0 Å². The van der Waals surface area contributed by atoms with Crippen LogP contribution in [0.25, 0.3) is 0 Å². The number of hydrogen-bond donors (Lipinski definition) is 2. The second-order valence-electron chi connectivity index (χ2n) is 2.12. The lowest BCUT2D eigenvalue weighted by molar-refractivity contribution is 0.0963. The predicted octanol–water partition coefficient (Wildman–Crippen LogP) is -0.122. The van der Waals surface area contributed by atoms with E-state index in [4.69, 9.17) is 0 Å². The molecule has 0 aliphatic rings. The zero-order valence-corrected chi connectivity index (χ0v) is 6.96. The third kappa shape index (κ3) is 1.50. The van der Waals surface area contributed by atoms with E-state index in [1.165, 1.54) is 6.20 Å². The van der Waals surface area contributed by atoms with E-state index in [9.17, 15) is 4.79 Å². The average Bonchev–Trinajstić information content (AvgIpc) is 2.16. The topological polar surface area (TPSA) is 66.9 Å². The van der Waals surface area contributed by atoms with Crippen molar-refractivity contribution >= 4 is 11.7 Å². The first-order valence-electron chi connectivity index (χ1n) is 3.51. The molecule has 0 aromatic carbocycles. The zero-order chi connectivity index (χ0) is 8.97. The summed E-state index contributed by atoms with van der Waals surface area (Å²) in [6, 6.07) is 1.61. The van der Waals surface area contributed by atoms with Crippen LogP contribution < -0.4 is 10.6 Å². The molecule has 2 N–H and O–H groups in total. The Labute approximate surface area is 70.2 Å². The van der Waals surface area contributed by atoms with E-state index in [1.54, 1.807) is 20.2 Å². The summed E-state index contributed by atoms with van der Waals surface area (Å²) >= 11 is 0. The van der Waals surface area contributed by atoms with Crippen molar-refractivity contribution in [1.82, 2.24) is 15.5 Å². The first-order chi connectivity index (χ1) is 5.79. The number of nitrogens with zero attached hydrogens (tertiary/aromatic N) is 2. The number of rotatable bonds is 2. The summed E-state index contributed by atoms with van der Waals surface area (Å²) in [5, 5.41) is 12.7. The fourth-order valence-electron chi connectivity index (χ4n) is 0.834. The van der Waals surface area contributed by atoms with E-state index in [0.29, 0.717) is 11.4 Å². The first-order valence-corrected chi connectivity index (χ1v) is 3.51. The number of hydrogen-bond acceptors (Lipinski definition) is 4. The van der Waals surface area contributed by atoms with Crippen molar-refractivity contribution in [2.45, 2.75) is 0 Å². The molecule has 0 unspecified atom stereocenters. The summed E-state index contributed by atoms with van der Waals surface area (Å²) in [4.78, 5) is 11.2. The highest BCUT2D eigenvalue weighted by Crippen LogP contribution is 2.07. The molecular formula is C7H10N4O. The molecule has 64 valence electrons. The fourth-order valence-corrected chi connectivity index (χ4v) is 0.834. The SMILES string of the molecule is CNC(=O)c1ccnnc1NC. The Morgan fingerprint density at radius 1 is 1.50 bits per heavy atom. The Hall–Kier alpha value is -1.65. The Balaban J connectivity index is 3.04. The Kier molecular flexibility index (Phi) is 2.57. The van der Waals surface area contributed by atoms with Gasteiger partial charge in [0.25, 0.3) is 5.91 Å². The van der Waals surface area contributed by atoms with Crippen molar-refractivity contribution in [2.24, 2.45) is 0 Å². The van der Waals surface area contributed by atoms with Crippen molar-refractivity contribution in [1.29, 1.82) is 0 Å². The third-order valence-electron chi connectivity index (χ3n) is 1.43. The number of anilines is 1. The summed E-state index contributed by atoms with van der Waals surface area (Å²) < 4.78 is 0. The molecule has 0 aliphatic heterocycles. The van der Waals surface area contributed by atoms with Crippen molar-refractivity contribution in [3.8, 4) is 0 Å². The number of aromatic nitrogens is 2. The lowest BCUT2D eigenvalue weighted by Gasteiger charge is -2.03. The van der Waals surface area contributed by atoms with Crippen LogP contribution >= 0.6 is 0 Å². The highest BCUT2D eigenvalue weighted by atomic mass is 16.1. The van der Waals surface area contributed by atoms with Gasteiger partial charge in [-0.15, -0.1) is 5.10 Å². The van der Waals surface area contributed by atoms with Gasteiger partial charge >= 0.3 is 0 Å². The summed E-state index contributed by atoms with van der Waals surface area (Å²) in [7, 11) is 3.26. The van der Waals surface area contributed by atoms with Gasteiger partial charge in [-0.25, -0.2) is 0 Å². The Morgan fingerprint density at radius 2 is 2.25 bits per heavy atom. The molecule has 0 spiro atoms. The summed E-state index contributed by atoms with van der Waals surface area (Å²) in [6.07, 6.45) is 1.48. The quantitative estimate of drug-likeness (QED) is 0.642. The molecule has 0 bridgehead atoms. The van der Waals surface area contributed by atoms with Crippen LogP contribution in [0.4, 0.5) is 5.82 Å². The van der Waals surface area contributed by atoms with Crippen LogP contribution in [0.5, 0.6) is 0 Å². The zero-order valence-electron chi connectivity index (χ0n) is 6.96. The Morgan fingerprint density at radius 3 is 2.83 bits per heavy atom. The van der Waals surface area contributed by atoms with Crippen LogP contribution in [0.3, 0.4) is 0 Å². The van der Waals surface area contributed by atoms with Gasteiger partial charge in [-0.2, -0.15) is 5.10 Å². The lowest BCUT2D eigenvalue weighted by atomic mass is 10.2. The maximum absolute atomic E-state index is 11.2. The second-order valence-corrected chi connectivity index (χ2v) is 2.12. The predicted molar refractivity (Wildman–Crippen MR) is 45.0 cm³/mol. The van der Waals surface area contributed by atoms with E-state index < -0.39 is 0 Å². The minimum absolute atomic E-state index is 0.172. The van der Waals surface area contributed by atoms with Crippen LogP contribution in [-0.2, 0) is 0 Å². The standard InChI is InChI=1S/C7H10N4O/c1-8-6-5(7(12)9-2)3-4-10-11-6/h3-4H,1-2H3,(H,8,11)(H,9,12). The lowest BCUT2D eigenvalue weighted by Crippen LogP contribution is -2.19. The highest BCUT2D eigenvalue weighted by molar-refractivity contribution is 5.98. The van der Waals surface area contributed by atoms with Crippen LogP contribution in [-0.4, -0.2) is 30.2 Å². The van der Waals surface area contributed by atoms with Crippen molar-refractivity contribution in [3.05, 3.63) is 17.8 Å². The molecule has 0 saturated heterocycles.